The van der Waals surface area contributed by atoms with Crippen LogP contribution in [0.2, 0.25) is 0 Å². The number of hydrogen-bond donors (Lipinski definition) is 12. The molecule has 1 unspecified atom stereocenters. The molecule has 422 valence electrons. The molecule has 0 aliphatic carbocycles. The van der Waals surface area contributed by atoms with E-state index in [9.17, 15) is 53.4 Å². The molecule has 0 aromatic carbocycles. The second kappa shape index (κ2) is 43.7. The van der Waals surface area contributed by atoms with Crippen molar-refractivity contribution in [3.63, 3.8) is 0 Å². The fourth-order valence-corrected chi connectivity index (χ4v) is 8.31. The van der Waals surface area contributed by atoms with E-state index in [-0.39, 0.29) is 76.1 Å². The summed E-state index contributed by atoms with van der Waals surface area (Å²) in [5.74, 6) is -6.72. The number of aliphatic hydroxyl groups is 1. The molecule has 0 fully saturated rings. The van der Waals surface area contributed by atoms with Gasteiger partial charge in [0.2, 0.25) is 35.4 Å². The first-order chi connectivity index (χ1) is 35.0. The lowest BCUT2D eigenvalue weighted by molar-refractivity contribution is -0.157. The summed E-state index contributed by atoms with van der Waals surface area (Å²) in [5, 5.41) is 35.9. The highest BCUT2D eigenvalue weighted by molar-refractivity contribution is 7.99. The van der Waals surface area contributed by atoms with Crippen molar-refractivity contribution in [2.75, 3.05) is 50.9 Å². The van der Waals surface area contributed by atoms with Gasteiger partial charge in [0.1, 0.15) is 49.0 Å². The number of aliphatic hydroxyl groups excluding tert-OH is 1. The maximum absolute atomic E-state index is 14.1. The lowest BCUT2D eigenvalue weighted by atomic mass is 10.0. The molecular formula is C49H92N10O13S. The van der Waals surface area contributed by atoms with E-state index >= 15 is 0 Å². The van der Waals surface area contributed by atoms with E-state index in [4.69, 9.17) is 32.4 Å². The van der Waals surface area contributed by atoms with Crippen molar-refractivity contribution in [3.8, 4) is 0 Å². The van der Waals surface area contributed by atoms with Crippen LogP contribution in [-0.2, 0) is 52.6 Å². The van der Waals surface area contributed by atoms with Gasteiger partial charge in [-0.05, 0) is 110 Å². The van der Waals surface area contributed by atoms with Crippen molar-refractivity contribution in [3.05, 3.63) is 0 Å². The van der Waals surface area contributed by atoms with Crippen molar-refractivity contribution < 1.29 is 62.8 Å². The summed E-state index contributed by atoms with van der Waals surface area (Å²) in [5.41, 5.74) is 22.7. The standard InChI is InChI=1S/C49H92N10O13S/c1-4-7-8-9-10-11-12-25-41(61)54-40(33-73-32-34(72-43(63)6-3)31-71-42(62)5-2)48(68)59-39(30-60)47(67)57-36(22-14-18-27-51)45(65)55-35(21-13-17-26-50)44(64)56-37(23-15-19-28-52)46(66)58-38(49(69)70)24-16-20-29-53/h34-40,60H,4-33,50-53H2,1-3H3,(H,54,61)(H,55,65)(H,56,64)(H,57,67)(H,58,66)(H,59,68)(H,69,70)/t34?,35-,36-,37-,38-,39-,40+/m0/s1. The fourth-order valence-electron chi connectivity index (χ4n) is 7.27. The van der Waals surface area contributed by atoms with Crippen LogP contribution in [-0.4, -0.2) is 157 Å². The van der Waals surface area contributed by atoms with Gasteiger partial charge in [-0.25, -0.2) is 4.79 Å². The number of carboxylic acids is 1. The van der Waals surface area contributed by atoms with E-state index in [1.54, 1.807) is 13.8 Å². The number of carboxylic acid groups (broad SMARTS) is 1. The van der Waals surface area contributed by atoms with Gasteiger partial charge in [0.15, 0.2) is 0 Å². The summed E-state index contributed by atoms with van der Waals surface area (Å²) in [6.07, 6.45) is 10.1. The lowest BCUT2D eigenvalue weighted by Gasteiger charge is -2.27. The zero-order valence-electron chi connectivity index (χ0n) is 43.9. The van der Waals surface area contributed by atoms with Crippen molar-refractivity contribution in [1.29, 1.82) is 0 Å². The molecule has 0 aromatic rings. The molecule has 23 nitrogen and oxygen atoms in total. The van der Waals surface area contributed by atoms with Gasteiger partial charge in [-0.1, -0.05) is 59.3 Å². The second-order valence-corrected chi connectivity index (χ2v) is 19.1. The first-order valence-electron chi connectivity index (χ1n) is 26.4. The molecule has 73 heavy (non-hydrogen) atoms. The van der Waals surface area contributed by atoms with Crippen molar-refractivity contribution in [1.82, 2.24) is 31.9 Å². The number of hydrogen-bond acceptors (Lipinski definition) is 17. The number of unbranched alkanes of at least 4 members (excludes halogenated alkanes) is 10. The number of rotatable bonds is 46. The fraction of sp³-hybridized carbons (Fsp3) is 0.816. The average Bonchev–Trinajstić information content (AvgIpc) is 3.37. The minimum atomic E-state index is -1.61. The van der Waals surface area contributed by atoms with Crippen molar-refractivity contribution in [2.45, 2.75) is 204 Å². The lowest BCUT2D eigenvalue weighted by Crippen LogP contribution is -2.60. The summed E-state index contributed by atoms with van der Waals surface area (Å²) >= 11 is 1.13. The van der Waals surface area contributed by atoms with Crippen molar-refractivity contribution in [2.24, 2.45) is 22.9 Å². The Labute approximate surface area is 436 Å². The molecule has 6 amide bonds. The molecule has 0 aliphatic heterocycles. The van der Waals surface area contributed by atoms with Crippen LogP contribution in [0.3, 0.4) is 0 Å². The summed E-state index contributed by atoms with van der Waals surface area (Å²) in [6, 6.07) is -7.82. The topological polar surface area (TPSA) is 389 Å². The van der Waals surface area contributed by atoms with Gasteiger partial charge < -0.3 is 74.5 Å². The maximum Gasteiger partial charge on any atom is 0.326 e. The van der Waals surface area contributed by atoms with Gasteiger partial charge in [0.25, 0.3) is 0 Å². The number of thioether (sulfide) groups is 1. The molecule has 0 radical (unpaired) electrons. The number of nitrogens with two attached hydrogens (primary N) is 4. The number of aliphatic carboxylic acids is 1. The molecule has 0 heterocycles. The molecule has 0 saturated carbocycles. The van der Waals surface area contributed by atoms with Crippen LogP contribution in [0.25, 0.3) is 0 Å². The Morgan fingerprint density at radius 2 is 0.863 bits per heavy atom. The zero-order chi connectivity index (χ0) is 54.8. The quantitative estimate of drug-likeness (QED) is 0.0294. The molecular weight excluding hydrogens is 969 g/mol. The normalized spacial score (nSPS) is 14.0. The first-order valence-corrected chi connectivity index (χ1v) is 27.6. The highest BCUT2D eigenvalue weighted by atomic mass is 32.2. The minimum Gasteiger partial charge on any atom is -0.480 e. The van der Waals surface area contributed by atoms with Crippen LogP contribution in [0.5, 0.6) is 0 Å². The van der Waals surface area contributed by atoms with E-state index in [0.29, 0.717) is 70.9 Å². The number of esters is 2. The number of carbonyl (C=O) groups is 9. The number of ether oxygens (including phenoxy) is 2. The largest absolute Gasteiger partial charge is 0.480 e. The second-order valence-electron chi connectivity index (χ2n) is 18.0. The highest BCUT2D eigenvalue weighted by Crippen LogP contribution is 2.14. The molecule has 0 bridgehead atoms. The number of amides is 6. The Bertz CT molecular complexity index is 1620. The van der Waals surface area contributed by atoms with Gasteiger partial charge >= 0.3 is 17.9 Å². The van der Waals surface area contributed by atoms with E-state index < -0.39 is 102 Å². The smallest absolute Gasteiger partial charge is 0.326 e. The molecule has 0 saturated heterocycles. The Morgan fingerprint density at radius 1 is 0.466 bits per heavy atom. The van der Waals surface area contributed by atoms with Crippen LogP contribution in [0.4, 0.5) is 0 Å². The Morgan fingerprint density at radius 3 is 1.29 bits per heavy atom. The van der Waals surface area contributed by atoms with Crippen LogP contribution < -0.4 is 54.8 Å². The van der Waals surface area contributed by atoms with Gasteiger partial charge in [-0.2, -0.15) is 11.8 Å². The molecule has 0 spiro atoms. The van der Waals surface area contributed by atoms with Crippen LogP contribution in [0, 0.1) is 0 Å². The Balaban J connectivity index is 6.48. The van der Waals surface area contributed by atoms with Gasteiger partial charge in [0, 0.05) is 30.8 Å². The zero-order valence-corrected chi connectivity index (χ0v) is 44.7. The van der Waals surface area contributed by atoms with Gasteiger partial charge in [-0.3, -0.25) is 38.4 Å². The maximum atomic E-state index is 14.1. The minimum absolute atomic E-state index is 0.0358. The SMILES string of the molecule is CCCCCCCCCC(=O)N[C@H](CSCC(COC(=O)CC)OC(=O)CC)C(=O)N[C@@H](CO)C(=O)N[C@@H](CCCCN)C(=O)N[C@@H](CCCCN)C(=O)N[C@@H](CCCCN)C(=O)N[C@@H](CCCCN)C(=O)O. The molecule has 7 atom stereocenters. The summed E-state index contributed by atoms with van der Waals surface area (Å²) < 4.78 is 10.6. The number of nitrogens with one attached hydrogen (secondary N) is 6. The van der Waals surface area contributed by atoms with E-state index in [0.717, 1.165) is 50.3 Å². The average molecular weight is 1060 g/mol. The molecule has 0 aliphatic rings. The molecule has 16 N–H and O–H groups in total. The molecule has 0 aromatic heterocycles. The summed E-state index contributed by atoms with van der Waals surface area (Å²) in [7, 11) is 0. The Hall–Kier alpha value is -4.62. The molecule has 24 heteroatoms. The van der Waals surface area contributed by atoms with Crippen LogP contribution in [0.15, 0.2) is 0 Å². The van der Waals surface area contributed by atoms with E-state index in [1.165, 1.54) is 0 Å². The third-order valence-electron chi connectivity index (χ3n) is 11.7. The third kappa shape index (κ3) is 33.0. The van der Waals surface area contributed by atoms with Gasteiger partial charge in [-0.15, -0.1) is 0 Å². The highest BCUT2D eigenvalue weighted by Gasteiger charge is 2.33. The molecule has 0 rings (SSSR count). The third-order valence-corrected chi connectivity index (χ3v) is 12.8. The van der Waals surface area contributed by atoms with E-state index in [1.807, 2.05) is 0 Å². The van der Waals surface area contributed by atoms with Crippen LogP contribution >= 0.6 is 11.8 Å². The predicted molar refractivity (Wildman–Crippen MR) is 279 cm³/mol. The van der Waals surface area contributed by atoms with Crippen LogP contribution in [0.1, 0.15) is 162 Å². The summed E-state index contributed by atoms with van der Waals surface area (Å²) in [6.45, 7) is 5.42. The first kappa shape index (κ1) is 68.4. The van der Waals surface area contributed by atoms with Crippen molar-refractivity contribution >= 4 is 65.1 Å². The number of carbonyl (C=O) groups excluding carboxylic acids is 8. The monoisotopic (exact) mass is 1060 g/mol. The Kier molecular flexibility index (Phi) is 41.0. The predicted octanol–water partition coefficient (Wildman–Crippen LogP) is 0.637. The van der Waals surface area contributed by atoms with Gasteiger partial charge in [0.05, 0.1) is 6.61 Å². The summed E-state index contributed by atoms with van der Waals surface area (Å²) in [4.78, 5) is 119. The van der Waals surface area contributed by atoms with E-state index in [2.05, 4.69) is 38.8 Å².